The largest absolute Gasteiger partial charge is 0.354 e. The molecule has 1 fully saturated rings. The molecule has 3 nitrogen and oxygen atoms in total. The predicted octanol–water partition coefficient (Wildman–Crippen LogP) is 2.60. The first kappa shape index (κ1) is 13.3. The summed E-state index contributed by atoms with van der Waals surface area (Å²) in [6.07, 6.45) is 4.49. The number of aryl methyl sites for hydroxylation is 1. The first-order valence-electron chi connectivity index (χ1n) is 7.07. The Kier molecular flexibility index (Phi) is 4.59. The van der Waals surface area contributed by atoms with E-state index < -0.39 is 0 Å². The Balaban J connectivity index is 2.07. The van der Waals surface area contributed by atoms with Crippen molar-refractivity contribution >= 4 is 5.82 Å². The summed E-state index contributed by atoms with van der Waals surface area (Å²) < 4.78 is 0. The van der Waals surface area contributed by atoms with E-state index in [1.807, 2.05) is 6.20 Å². The maximum Gasteiger partial charge on any atom is 0.128 e. The number of pyridine rings is 1. The van der Waals surface area contributed by atoms with Gasteiger partial charge in [-0.15, -0.1) is 0 Å². The van der Waals surface area contributed by atoms with Gasteiger partial charge in [-0.25, -0.2) is 4.98 Å². The first-order chi connectivity index (χ1) is 8.66. The molecule has 0 aliphatic carbocycles. The van der Waals surface area contributed by atoms with Crippen molar-refractivity contribution in [3.8, 4) is 0 Å². The summed E-state index contributed by atoms with van der Waals surface area (Å²) in [5.41, 5.74) is 1.29. The predicted molar refractivity (Wildman–Crippen MR) is 77.0 cm³/mol. The van der Waals surface area contributed by atoms with Crippen LogP contribution in [0.3, 0.4) is 0 Å². The lowest BCUT2D eigenvalue weighted by Crippen LogP contribution is -2.40. The van der Waals surface area contributed by atoms with Crippen molar-refractivity contribution in [2.45, 2.75) is 39.7 Å². The molecule has 1 aromatic heterocycles. The lowest BCUT2D eigenvalue weighted by Gasteiger charge is -2.33. The summed E-state index contributed by atoms with van der Waals surface area (Å²) in [7, 11) is 0. The molecule has 1 saturated heterocycles. The summed E-state index contributed by atoms with van der Waals surface area (Å²) in [6, 6.07) is 4.77. The Hall–Kier alpha value is -1.09. The summed E-state index contributed by atoms with van der Waals surface area (Å²) in [6.45, 7) is 10.1. The Morgan fingerprint density at radius 1 is 1.39 bits per heavy atom. The van der Waals surface area contributed by atoms with Gasteiger partial charge < -0.3 is 10.2 Å². The van der Waals surface area contributed by atoms with Gasteiger partial charge in [0.25, 0.3) is 0 Å². The van der Waals surface area contributed by atoms with E-state index in [1.54, 1.807) is 0 Å². The molecule has 1 aliphatic heterocycles. The molecule has 2 heterocycles. The molecule has 0 unspecified atom stereocenters. The van der Waals surface area contributed by atoms with Gasteiger partial charge in [-0.2, -0.15) is 0 Å². The lowest BCUT2D eigenvalue weighted by molar-refractivity contribution is 0.367. The van der Waals surface area contributed by atoms with Crippen molar-refractivity contribution in [3.63, 3.8) is 0 Å². The average molecular weight is 247 g/mol. The average Bonchev–Trinajstić information content (AvgIpc) is 2.37. The molecule has 0 aromatic carbocycles. The van der Waals surface area contributed by atoms with Crippen LogP contribution in [0.5, 0.6) is 0 Å². The number of rotatable bonds is 4. The minimum absolute atomic E-state index is 0.509. The number of hydrogen-bond donors (Lipinski definition) is 1. The number of aromatic nitrogens is 1. The van der Waals surface area contributed by atoms with E-state index in [0.29, 0.717) is 6.04 Å². The van der Waals surface area contributed by atoms with E-state index in [2.05, 4.69) is 48.1 Å². The molecule has 0 radical (unpaired) electrons. The van der Waals surface area contributed by atoms with Gasteiger partial charge in [-0.1, -0.05) is 0 Å². The highest BCUT2D eigenvalue weighted by molar-refractivity contribution is 5.41. The van der Waals surface area contributed by atoms with Gasteiger partial charge in [-0.3, -0.25) is 0 Å². The smallest absolute Gasteiger partial charge is 0.128 e. The van der Waals surface area contributed by atoms with Gasteiger partial charge in [0.1, 0.15) is 5.82 Å². The second-order valence-corrected chi connectivity index (χ2v) is 5.63. The van der Waals surface area contributed by atoms with Crippen LogP contribution in [0, 0.1) is 12.8 Å². The number of nitrogens with one attached hydrogen (secondary N) is 1. The molecule has 1 aliphatic rings. The van der Waals surface area contributed by atoms with Crippen LogP contribution in [-0.4, -0.2) is 30.7 Å². The van der Waals surface area contributed by atoms with Crippen LogP contribution in [0.15, 0.2) is 18.3 Å². The Morgan fingerprint density at radius 2 is 2.11 bits per heavy atom. The summed E-state index contributed by atoms with van der Waals surface area (Å²) in [5.74, 6) is 1.93. The third kappa shape index (κ3) is 3.45. The Bertz CT molecular complexity index is 370. The second-order valence-electron chi connectivity index (χ2n) is 5.63. The molecule has 18 heavy (non-hydrogen) atoms. The highest BCUT2D eigenvalue weighted by atomic mass is 15.2. The van der Waals surface area contributed by atoms with Crippen molar-refractivity contribution < 1.29 is 0 Å². The van der Waals surface area contributed by atoms with Crippen LogP contribution >= 0.6 is 0 Å². The van der Waals surface area contributed by atoms with Gasteiger partial charge in [0, 0.05) is 18.8 Å². The normalized spacial score (nSPS) is 17.1. The fourth-order valence-electron chi connectivity index (χ4n) is 2.59. The molecule has 0 atom stereocenters. The molecule has 0 spiro atoms. The molecule has 0 saturated carbocycles. The minimum Gasteiger partial charge on any atom is -0.354 e. The Morgan fingerprint density at radius 3 is 2.72 bits per heavy atom. The lowest BCUT2D eigenvalue weighted by atomic mass is 9.97. The maximum atomic E-state index is 4.54. The molecular weight excluding hydrogens is 222 g/mol. The topological polar surface area (TPSA) is 28.2 Å². The molecular formula is C15H25N3. The number of piperidine rings is 1. The number of nitrogens with zero attached hydrogens (tertiary/aromatic N) is 2. The molecule has 2 rings (SSSR count). The second kappa shape index (κ2) is 6.19. The summed E-state index contributed by atoms with van der Waals surface area (Å²) in [5, 5.41) is 3.43. The van der Waals surface area contributed by atoms with Crippen LogP contribution in [0.25, 0.3) is 0 Å². The molecule has 100 valence electrons. The van der Waals surface area contributed by atoms with Crippen molar-refractivity contribution in [3.05, 3.63) is 23.9 Å². The molecule has 0 bridgehead atoms. The van der Waals surface area contributed by atoms with Gasteiger partial charge in [0.05, 0.1) is 0 Å². The zero-order valence-electron chi connectivity index (χ0n) is 11.8. The van der Waals surface area contributed by atoms with E-state index >= 15 is 0 Å². The fourth-order valence-corrected chi connectivity index (χ4v) is 2.59. The van der Waals surface area contributed by atoms with E-state index in [1.165, 1.54) is 18.4 Å². The Labute approximate surface area is 111 Å². The van der Waals surface area contributed by atoms with Crippen molar-refractivity contribution in [1.82, 2.24) is 10.3 Å². The number of anilines is 1. The van der Waals surface area contributed by atoms with E-state index in [0.717, 1.165) is 31.4 Å². The van der Waals surface area contributed by atoms with Gasteiger partial charge in [-0.05, 0) is 70.3 Å². The van der Waals surface area contributed by atoms with E-state index in [-0.39, 0.29) is 0 Å². The van der Waals surface area contributed by atoms with E-state index in [4.69, 9.17) is 0 Å². The molecule has 0 amide bonds. The highest BCUT2D eigenvalue weighted by Crippen LogP contribution is 2.20. The third-order valence-corrected chi connectivity index (χ3v) is 3.73. The molecule has 1 N–H and O–H groups in total. The fraction of sp³-hybridized carbons (Fsp3) is 0.667. The molecule has 1 aromatic rings. The summed E-state index contributed by atoms with van der Waals surface area (Å²) >= 11 is 0. The zero-order valence-corrected chi connectivity index (χ0v) is 11.8. The minimum atomic E-state index is 0.509. The zero-order chi connectivity index (χ0) is 13.0. The summed E-state index contributed by atoms with van der Waals surface area (Å²) in [4.78, 5) is 6.98. The first-order valence-corrected chi connectivity index (χ1v) is 7.07. The monoisotopic (exact) mass is 247 g/mol. The third-order valence-electron chi connectivity index (χ3n) is 3.73. The van der Waals surface area contributed by atoms with Gasteiger partial charge in [0.15, 0.2) is 0 Å². The van der Waals surface area contributed by atoms with Crippen LogP contribution in [0.1, 0.15) is 32.3 Å². The van der Waals surface area contributed by atoms with Crippen LogP contribution in [0.2, 0.25) is 0 Å². The SMILES string of the molecule is Cc1ccnc(N(CC2CCNCC2)C(C)C)c1. The number of hydrogen-bond acceptors (Lipinski definition) is 3. The quantitative estimate of drug-likeness (QED) is 0.886. The molecule has 3 heteroatoms. The van der Waals surface area contributed by atoms with Crippen LogP contribution < -0.4 is 10.2 Å². The van der Waals surface area contributed by atoms with Gasteiger partial charge >= 0.3 is 0 Å². The van der Waals surface area contributed by atoms with Crippen molar-refractivity contribution in [2.75, 3.05) is 24.5 Å². The standard InChI is InChI=1S/C15H25N3/c1-12(2)18(11-14-5-7-16-8-6-14)15-10-13(3)4-9-17-15/h4,9-10,12,14,16H,5-8,11H2,1-3H3. The van der Waals surface area contributed by atoms with E-state index in [9.17, 15) is 0 Å². The van der Waals surface area contributed by atoms with Gasteiger partial charge in [0.2, 0.25) is 0 Å². The highest BCUT2D eigenvalue weighted by Gasteiger charge is 2.19. The van der Waals surface area contributed by atoms with Crippen molar-refractivity contribution in [1.29, 1.82) is 0 Å². The van der Waals surface area contributed by atoms with Crippen LogP contribution in [-0.2, 0) is 0 Å². The van der Waals surface area contributed by atoms with Crippen LogP contribution in [0.4, 0.5) is 5.82 Å². The maximum absolute atomic E-state index is 4.54. The van der Waals surface area contributed by atoms with Crippen molar-refractivity contribution in [2.24, 2.45) is 5.92 Å².